The summed E-state index contributed by atoms with van der Waals surface area (Å²) in [6, 6.07) is 9.43. The Kier molecular flexibility index (Phi) is 4.97. The first-order valence-corrected chi connectivity index (χ1v) is 6.39. The van der Waals surface area contributed by atoms with E-state index in [9.17, 15) is 14.9 Å². The van der Waals surface area contributed by atoms with Gasteiger partial charge in [-0.15, -0.1) is 0 Å². The molecule has 0 aliphatic rings. The number of amides is 1. The van der Waals surface area contributed by atoms with E-state index in [2.05, 4.69) is 5.32 Å². The summed E-state index contributed by atoms with van der Waals surface area (Å²) in [6.45, 7) is 0.465. The van der Waals surface area contributed by atoms with Gasteiger partial charge in [-0.05, 0) is 18.2 Å². The summed E-state index contributed by atoms with van der Waals surface area (Å²) in [5, 5.41) is 13.0. The van der Waals surface area contributed by atoms with E-state index in [0.29, 0.717) is 11.5 Å². The molecule has 2 aromatic rings. The predicted octanol–water partition coefficient (Wildman–Crippen LogP) is 2.01. The number of nitro groups is 1. The molecule has 0 spiro atoms. The molecule has 1 heterocycles. The highest BCUT2D eigenvalue weighted by atomic mass is 16.6. The molecule has 0 saturated carbocycles. The third-order valence-electron chi connectivity index (χ3n) is 2.69. The molecule has 0 fully saturated rings. The smallest absolute Gasteiger partial charge is 0.433 e. The minimum absolute atomic E-state index is 0.118. The Balaban J connectivity index is 1.78. The van der Waals surface area contributed by atoms with E-state index in [4.69, 9.17) is 13.9 Å². The van der Waals surface area contributed by atoms with E-state index in [-0.39, 0.29) is 18.9 Å². The third-order valence-corrected chi connectivity index (χ3v) is 2.69. The van der Waals surface area contributed by atoms with Crippen molar-refractivity contribution in [1.29, 1.82) is 0 Å². The fourth-order valence-corrected chi connectivity index (χ4v) is 1.66. The second-order valence-electron chi connectivity index (χ2n) is 4.18. The van der Waals surface area contributed by atoms with E-state index in [1.807, 2.05) is 0 Å². The van der Waals surface area contributed by atoms with Crippen LogP contribution in [0.15, 0.2) is 40.8 Å². The zero-order valence-electron chi connectivity index (χ0n) is 11.8. The number of furan rings is 1. The topological polar surface area (TPSA) is 104 Å². The Hall–Kier alpha value is -3.03. The summed E-state index contributed by atoms with van der Waals surface area (Å²) >= 11 is 0. The average molecular weight is 306 g/mol. The van der Waals surface area contributed by atoms with Gasteiger partial charge >= 0.3 is 5.88 Å². The maximum atomic E-state index is 11.7. The zero-order chi connectivity index (χ0) is 15.9. The van der Waals surface area contributed by atoms with Crippen LogP contribution in [-0.4, -0.2) is 31.1 Å². The lowest BCUT2D eigenvalue weighted by molar-refractivity contribution is -0.402. The summed E-state index contributed by atoms with van der Waals surface area (Å²) in [4.78, 5) is 21.4. The predicted molar refractivity (Wildman–Crippen MR) is 76.2 cm³/mol. The number of rotatable bonds is 7. The van der Waals surface area contributed by atoms with Gasteiger partial charge in [-0.2, -0.15) is 0 Å². The SMILES string of the molecule is COc1cccc(OCCNC(=O)c2ccc([N+](=O)[O-])o2)c1. The molecule has 0 bridgehead atoms. The number of nitrogens with one attached hydrogen (secondary N) is 1. The van der Waals surface area contributed by atoms with Crippen molar-refractivity contribution in [3.05, 3.63) is 52.3 Å². The van der Waals surface area contributed by atoms with Crippen LogP contribution in [0.5, 0.6) is 11.5 Å². The molecule has 8 heteroatoms. The molecule has 116 valence electrons. The van der Waals surface area contributed by atoms with Gasteiger partial charge in [-0.25, -0.2) is 0 Å². The van der Waals surface area contributed by atoms with Crippen molar-refractivity contribution in [1.82, 2.24) is 5.32 Å². The molecule has 0 saturated heterocycles. The van der Waals surface area contributed by atoms with E-state index in [1.165, 1.54) is 6.07 Å². The van der Waals surface area contributed by atoms with Crippen LogP contribution < -0.4 is 14.8 Å². The van der Waals surface area contributed by atoms with Crippen molar-refractivity contribution in [2.24, 2.45) is 0 Å². The fraction of sp³-hybridized carbons (Fsp3) is 0.214. The van der Waals surface area contributed by atoms with Gasteiger partial charge in [0.2, 0.25) is 0 Å². The van der Waals surface area contributed by atoms with E-state index in [1.54, 1.807) is 31.4 Å². The highest BCUT2D eigenvalue weighted by molar-refractivity contribution is 5.91. The van der Waals surface area contributed by atoms with Crippen molar-refractivity contribution < 1.29 is 23.6 Å². The van der Waals surface area contributed by atoms with E-state index < -0.39 is 16.7 Å². The maximum absolute atomic E-state index is 11.7. The molecule has 8 nitrogen and oxygen atoms in total. The molecular weight excluding hydrogens is 292 g/mol. The lowest BCUT2D eigenvalue weighted by Gasteiger charge is -2.08. The number of hydrogen-bond acceptors (Lipinski definition) is 6. The van der Waals surface area contributed by atoms with Crippen LogP contribution >= 0.6 is 0 Å². The van der Waals surface area contributed by atoms with Crippen LogP contribution in [0.1, 0.15) is 10.6 Å². The molecule has 0 radical (unpaired) electrons. The van der Waals surface area contributed by atoms with Crippen LogP contribution in [0.2, 0.25) is 0 Å². The minimum atomic E-state index is -0.706. The Labute approximate surface area is 125 Å². The highest BCUT2D eigenvalue weighted by Gasteiger charge is 2.16. The summed E-state index contributed by atoms with van der Waals surface area (Å²) in [5.41, 5.74) is 0. The van der Waals surface area contributed by atoms with E-state index >= 15 is 0 Å². The molecule has 0 unspecified atom stereocenters. The normalized spacial score (nSPS) is 10.0. The quantitative estimate of drug-likeness (QED) is 0.476. The first kappa shape index (κ1) is 15.4. The Morgan fingerprint density at radius 3 is 2.77 bits per heavy atom. The van der Waals surface area contributed by atoms with Gasteiger partial charge in [-0.1, -0.05) is 6.07 Å². The Morgan fingerprint density at radius 2 is 2.09 bits per heavy atom. The summed E-state index contributed by atoms with van der Waals surface area (Å²) in [7, 11) is 1.56. The van der Waals surface area contributed by atoms with Crippen molar-refractivity contribution in [2.45, 2.75) is 0 Å². The highest BCUT2D eigenvalue weighted by Crippen LogP contribution is 2.18. The van der Waals surface area contributed by atoms with Gasteiger partial charge in [0.25, 0.3) is 5.91 Å². The van der Waals surface area contributed by atoms with E-state index in [0.717, 1.165) is 6.07 Å². The number of carbonyl (C=O) groups excluding carboxylic acids is 1. The van der Waals surface area contributed by atoms with Crippen molar-refractivity contribution in [3.63, 3.8) is 0 Å². The average Bonchev–Trinajstić information content (AvgIpc) is 3.02. The molecule has 22 heavy (non-hydrogen) atoms. The van der Waals surface area contributed by atoms with Crippen LogP contribution in [0.3, 0.4) is 0 Å². The zero-order valence-corrected chi connectivity index (χ0v) is 11.8. The summed E-state index contributed by atoms with van der Waals surface area (Å²) in [6.07, 6.45) is 0. The first-order valence-electron chi connectivity index (χ1n) is 6.39. The van der Waals surface area contributed by atoms with Crippen LogP contribution in [0.4, 0.5) is 5.88 Å². The lowest BCUT2D eigenvalue weighted by atomic mass is 10.3. The molecule has 1 aromatic carbocycles. The Bertz CT molecular complexity index is 667. The largest absolute Gasteiger partial charge is 0.497 e. The summed E-state index contributed by atoms with van der Waals surface area (Å²) in [5.74, 6) is 0.153. The van der Waals surface area contributed by atoms with Gasteiger partial charge in [0.15, 0.2) is 5.76 Å². The number of hydrogen-bond donors (Lipinski definition) is 1. The third kappa shape index (κ3) is 3.98. The number of carbonyl (C=O) groups is 1. The molecule has 0 aliphatic heterocycles. The number of methoxy groups -OCH3 is 1. The monoisotopic (exact) mass is 306 g/mol. The van der Waals surface area contributed by atoms with Gasteiger partial charge in [0.1, 0.15) is 23.0 Å². The second kappa shape index (κ2) is 7.11. The number of benzene rings is 1. The minimum Gasteiger partial charge on any atom is -0.497 e. The van der Waals surface area contributed by atoms with Gasteiger partial charge in [-0.3, -0.25) is 14.9 Å². The van der Waals surface area contributed by atoms with Crippen LogP contribution in [-0.2, 0) is 0 Å². The molecule has 0 aliphatic carbocycles. The van der Waals surface area contributed by atoms with Crippen LogP contribution in [0, 0.1) is 10.1 Å². The number of nitrogens with zero attached hydrogens (tertiary/aromatic N) is 1. The maximum Gasteiger partial charge on any atom is 0.433 e. The second-order valence-corrected chi connectivity index (χ2v) is 4.18. The van der Waals surface area contributed by atoms with Crippen molar-refractivity contribution in [3.8, 4) is 11.5 Å². The van der Waals surface area contributed by atoms with Gasteiger partial charge in [0.05, 0.1) is 19.7 Å². The molecule has 1 amide bonds. The molecule has 2 rings (SSSR count). The number of ether oxygens (including phenoxy) is 2. The lowest BCUT2D eigenvalue weighted by Crippen LogP contribution is -2.27. The standard InChI is InChI=1S/C14H14N2O6/c1-20-10-3-2-4-11(9-10)21-8-7-15-14(17)12-5-6-13(22-12)16(18)19/h2-6,9H,7-8H2,1H3,(H,15,17). The Morgan fingerprint density at radius 1 is 1.32 bits per heavy atom. The first-order chi connectivity index (χ1) is 10.6. The summed E-state index contributed by atoms with van der Waals surface area (Å²) < 4.78 is 15.3. The van der Waals surface area contributed by atoms with Gasteiger partial charge in [0, 0.05) is 6.07 Å². The molecular formula is C14H14N2O6. The molecule has 1 aromatic heterocycles. The van der Waals surface area contributed by atoms with Gasteiger partial charge < -0.3 is 19.2 Å². The molecule has 1 N–H and O–H groups in total. The van der Waals surface area contributed by atoms with Crippen LogP contribution in [0.25, 0.3) is 0 Å². The van der Waals surface area contributed by atoms with Crippen molar-refractivity contribution in [2.75, 3.05) is 20.3 Å². The molecule has 0 atom stereocenters. The fourth-order valence-electron chi connectivity index (χ4n) is 1.66. The van der Waals surface area contributed by atoms with Crippen molar-refractivity contribution >= 4 is 11.8 Å².